The zero-order valence-corrected chi connectivity index (χ0v) is 12.2. The van der Waals surface area contributed by atoms with Crippen LogP contribution >= 0.6 is 11.3 Å². The van der Waals surface area contributed by atoms with Crippen molar-refractivity contribution in [3.8, 4) is 0 Å². The molecule has 6 heteroatoms. The van der Waals surface area contributed by atoms with Crippen LogP contribution in [0.4, 0.5) is 0 Å². The second-order valence-corrected chi connectivity index (χ2v) is 5.40. The van der Waals surface area contributed by atoms with Crippen molar-refractivity contribution in [2.45, 2.75) is 46.0 Å². The van der Waals surface area contributed by atoms with Gasteiger partial charge in [0.25, 0.3) is 0 Å². The van der Waals surface area contributed by atoms with Gasteiger partial charge in [-0.1, -0.05) is 26.7 Å². The number of aromatic nitrogens is 1. The van der Waals surface area contributed by atoms with Gasteiger partial charge in [-0.25, -0.2) is 9.78 Å². The lowest BCUT2D eigenvalue weighted by atomic mass is 10.2. The topological polar surface area (TPSA) is 79.3 Å². The molecule has 19 heavy (non-hydrogen) atoms. The van der Waals surface area contributed by atoms with Gasteiger partial charge in [0.2, 0.25) is 5.91 Å². The number of carbonyl (C=O) groups excluding carboxylic acids is 1. The summed E-state index contributed by atoms with van der Waals surface area (Å²) < 4.78 is 0. The van der Waals surface area contributed by atoms with Crippen LogP contribution in [0, 0.1) is 0 Å². The van der Waals surface area contributed by atoms with Crippen molar-refractivity contribution in [1.29, 1.82) is 0 Å². The monoisotopic (exact) mass is 284 g/mol. The Morgan fingerprint density at radius 1 is 1.32 bits per heavy atom. The zero-order valence-electron chi connectivity index (χ0n) is 11.4. The second kappa shape index (κ2) is 7.89. The first kappa shape index (κ1) is 15.6. The predicted molar refractivity (Wildman–Crippen MR) is 74.7 cm³/mol. The molecule has 0 saturated heterocycles. The number of unbranched alkanes of at least 4 members (excludes halogenated alkanes) is 1. The molecule has 0 spiro atoms. The maximum Gasteiger partial charge on any atom is 0.347 e. The van der Waals surface area contributed by atoms with Gasteiger partial charge in [0.1, 0.15) is 9.88 Å². The summed E-state index contributed by atoms with van der Waals surface area (Å²) in [7, 11) is 0. The summed E-state index contributed by atoms with van der Waals surface area (Å²) in [5.41, 5.74) is 0.594. The van der Waals surface area contributed by atoms with E-state index in [1.807, 2.05) is 6.92 Å². The highest BCUT2D eigenvalue weighted by Gasteiger charge is 2.17. The second-order valence-electron chi connectivity index (χ2n) is 4.32. The molecule has 0 unspecified atom stereocenters. The SMILES string of the molecule is CCCCNC(=O)Cc1nc(CCC)c(C(=O)O)s1. The molecule has 1 rings (SSSR count). The summed E-state index contributed by atoms with van der Waals surface area (Å²) >= 11 is 1.10. The fraction of sp³-hybridized carbons (Fsp3) is 0.615. The van der Waals surface area contributed by atoms with Crippen molar-refractivity contribution in [2.75, 3.05) is 6.54 Å². The third-order valence-electron chi connectivity index (χ3n) is 2.59. The fourth-order valence-corrected chi connectivity index (χ4v) is 2.60. The molecular weight excluding hydrogens is 264 g/mol. The number of carbonyl (C=O) groups is 2. The third kappa shape index (κ3) is 4.98. The molecule has 0 aliphatic carbocycles. The van der Waals surface area contributed by atoms with Gasteiger partial charge in [-0.3, -0.25) is 4.79 Å². The van der Waals surface area contributed by atoms with Crippen molar-refractivity contribution < 1.29 is 14.7 Å². The lowest BCUT2D eigenvalue weighted by molar-refractivity contribution is -0.120. The average Bonchev–Trinajstić information content (AvgIpc) is 2.73. The van der Waals surface area contributed by atoms with E-state index in [4.69, 9.17) is 5.11 Å². The summed E-state index contributed by atoms with van der Waals surface area (Å²) in [4.78, 5) is 27.2. The first-order chi connectivity index (χ1) is 9.08. The molecule has 0 atom stereocenters. The molecule has 0 fully saturated rings. The lowest BCUT2D eigenvalue weighted by Gasteiger charge is -2.01. The van der Waals surface area contributed by atoms with Gasteiger partial charge in [-0.05, 0) is 12.8 Å². The summed E-state index contributed by atoms with van der Waals surface area (Å²) in [6, 6.07) is 0. The molecule has 0 aliphatic heterocycles. The predicted octanol–water partition coefficient (Wildman–Crippen LogP) is 2.25. The van der Waals surface area contributed by atoms with E-state index in [1.54, 1.807) is 0 Å². The number of nitrogens with zero attached hydrogens (tertiary/aromatic N) is 1. The van der Waals surface area contributed by atoms with Crippen LogP contribution in [0.3, 0.4) is 0 Å². The molecule has 5 nitrogen and oxygen atoms in total. The standard InChI is InChI=1S/C13H20N2O3S/c1-3-5-7-14-10(16)8-11-15-9(6-4-2)12(19-11)13(17)18/h3-8H2,1-2H3,(H,14,16)(H,17,18). The highest BCUT2D eigenvalue weighted by molar-refractivity contribution is 7.13. The van der Waals surface area contributed by atoms with E-state index < -0.39 is 5.97 Å². The van der Waals surface area contributed by atoms with Crippen LogP contribution in [0.5, 0.6) is 0 Å². The Labute approximate surface area is 117 Å². The van der Waals surface area contributed by atoms with E-state index in [2.05, 4.69) is 17.2 Å². The number of hydrogen-bond donors (Lipinski definition) is 2. The van der Waals surface area contributed by atoms with E-state index >= 15 is 0 Å². The number of aryl methyl sites for hydroxylation is 1. The molecule has 2 N–H and O–H groups in total. The van der Waals surface area contributed by atoms with Gasteiger partial charge in [-0.2, -0.15) is 0 Å². The Balaban J connectivity index is 2.65. The van der Waals surface area contributed by atoms with Crippen molar-refractivity contribution in [3.63, 3.8) is 0 Å². The molecule has 106 valence electrons. The Morgan fingerprint density at radius 2 is 2.05 bits per heavy atom. The van der Waals surface area contributed by atoms with E-state index in [0.29, 0.717) is 23.7 Å². The molecular formula is C13H20N2O3S. The molecule has 0 aromatic carbocycles. The van der Waals surface area contributed by atoms with E-state index in [9.17, 15) is 9.59 Å². The van der Waals surface area contributed by atoms with Crippen molar-refractivity contribution in [1.82, 2.24) is 10.3 Å². The number of amides is 1. The maximum atomic E-state index is 11.6. The summed E-state index contributed by atoms with van der Waals surface area (Å²) in [5.74, 6) is -1.05. The number of carboxylic acid groups (broad SMARTS) is 1. The first-order valence-corrected chi connectivity index (χ1v) is 7.38. The highest BCUT2D eigenvalue weighted by atomic mass is 32.1. The molecule has 0 saturated carbocycles. The number of nitrogens with one attached hydrogen (secondary N) is 1. The smallest absolute Gasteiger partial charge is 0.347 e. The van der Waals surface area contributed by atoms with Gasteiger partial charge in [0, 0.05) is 6.54 Å². The quantitative estimate of drug-likeness (QED) is 0.718. The minimum Gasteiger partial charge on any atom is -0.477 e. The largest absolute Gasteiger partial charge is 0.477 e. The zero-order chi connectivity index (χ0) is 14.3. The Kier molecular flexibility index (Phi) is 6.49. The normalized spacial score (nSPS) is 10.4. The Morgan fingerprint density at radius 3 is 2.63 bits per heavy atom. The minimum absolute atomic E-state index is 0.0952. The summed E-state index contributed by atoms with van der Waals surface area (Å²) in [6.45, 7) is 4.69. The molecule has 0 radical (unpaired) electrons. The lowest BCUT2D eigenvalue weighted by Crippen LogP contribution is -2.25. The highest BCUT2D eigenvalue weighted by Crippen LogP contribution is 2.20. The van der Waals surface area contributed by atoms with Crippen LogP contribution in [-0.4, -0.2) is 28.5 Å². The van der Waals surface area contributed by atoms with E-state index in [1.165, 1.54) is 0 Å². The van der Waals surface area contributed by atoms with Crippen LogP contribution in [0.15, 0.2) is 0 Å². The fourth-order valence-electron chi connectivity index (χ4n) is 1.65. The average molecular weight is 284 g/mol. The number of thiazole rings is 1. The summed E-state index contributed by atoms with van der Waals surface area (Å²) in [5, 5.41) is 12.5. The van der Waals surface area contributed by atoms with Crippen molar-refractivity contribution in [3.05, 3.63) is 15.6 Å². The van der Waals surface area contributed by atoms with Crippen LogP contribution in [0.2, 0.25) is 0 Å². The Bertz CT molecular complexity index is 443. The summed E-state index contributed by atoms with van der Waals surface area (Å²) in [6.07, 6.45) is 3.62. The molecule has 1 aromatic heterocycles. The first-order valence-electron chi connectivity index (χ1n) is 6.57. The third-order valence-corrected chi connectivity index (χ3v) is 3.67. The van der Waals surface area contributed by atoms with Crippen molar-refractivity contribution in [2.24, 2.45) is 0 Å². The number of aromatic carboxylic acids is 1. The van der Waals surface area contributed by atoms with Crippen LogP contribution in [0.25, 0.3) is 0 Å². The number of hydrogen-bond acceptors (Lipinski definition) is 4. The Hall–Kier alpha value is -1.43. The molecule has 0 aliphatic rings. The number of carboxylic acids is 1. The van der Waals surface area contributed by atoms with Crippen LogP contribution in [-0.2, 0) is 17.6 Å². The molecule has 1 amide bonds. The molecule has 1 aromatic rings. The molecule has 1 heterocycles. The van der Waals surface area contributed by atoms with Gasteiger partial charge in [-0.15, -0.1) is 11.3 Å². The van der Waals surface area contributed by atoms with Gasteiger partial charge in [0.15, 0.2) is 0 Å². The van der Waals surface area contributed by atoms with E-state index in [0.717, 1.165) is 30.6 Å². The van der Waals surface area contributed by atoms with Crippen LogP contribution in [0.1, 0.15) is 53.5 Å². The van der Waals surface area contributed by atoms with Crippen LogP contribution < -0.4 is 5.32 Å². The van der Waals surface area contributed by atoms with Gasteiger partial charge >= 0.3 is 5.97 Å². The van der Waals surface area contributed by atoms with Gasteiger partial charge < -0.3 is 10.4 Å². The minimum atomic E-state index is -0.960. The van der Waals surface area contributed by atoms with Gasteiger partial charge in [0.05, 0.1) is 12.1 Å². The molecule has 0 bridgehead atoms. The number of rotatable bonds is 8. The maximum absolute atomic E-state index is 11.6. The van der Waals surface area contributed by atoms with E-state index in [-0.39, 0.29) is 17.2 Å². The van der Waals surface area contributed by atoms with Crippen molar-refractivity contribution >= 4 is 23.2 Å².